The summed E-state index contributed by atoms with van der Waals surface area (Å²) in [6.07, 6.45) is 0.708. The van der Waals surface area contributed by atoms with Crippen molar-refractivity contribution >= 4 is 15.8 Å². The molecule has 4 nitrogen and oxygen atoms in total. The van der Waals surface area contributed by atoms with Crippen LogP contribution in [0.25, 0.3) is 0 Å². The second kappa shape index (κ2) is 3.01. The van der Waals surface area contributed by atoms with E-state index in [-0.39, 0.29) is 6.42 Å². The molecular weight excluding hydrogens is 156 g/mol. The average molecular weight is 166 g/mol. The average Bonchev–Trinajstić information content (AvgIpc) is 1.60. The summed E-state index contributed by atoms with van der Waals surface area (Å²) in [5, 5.41) is 7.40. The third kappa shape index (κ3) is 3.45. The molecule has 1 N–H and O–H groups in total. The van der Waals surface area contributed by atoms with Crippen molar-refractivity contribution in [2.24, 2.45) is 0 Å². The van der Waals surface area contributed by atoms with Crippen LogP contribution >= 0.6 is 0 Å². The molecule has 60 valence electrons. The zero-order valence-electron chi connectivity index (χ0n) is 5.86. The van der Waals surface area contributed by atoms with Gasteiger partial charge in [0.2, 0.25) is 0 Å². The van der Waals surface area contributed by atoms with Crippen LogP contribution in [0.15, 0.2) is 0 Å². The molecule has 0 aliphatic carbocycles. The highest BCUT2D eigenvalue weighted by atomic mass is 32.2. The van der Waals surface area contributed by atoms with Gasteiger partial charge in [0.15, 0.2) is 9.84 Å². The molecule has 0 aliphatic rings. The predicted octanol–water partition coefficient (Wildman–Crippen LogP) is -0.106. The van der Waals surface area contributed by atoms with E-state index in [0.29, 0.717) is 0 Å². The van der Waals surface area contributed by atoms with Gasteiger partial charge in [0.1, 0.15) is 0 Å². The summed E-state index contributed by atoms with van der Waals surface area (Å²) in [6, 6.07) is 0. The molecule has 0 bridgehead atoms. The molecule has 10 heavy (non-hydrogen) atoms. The third-order valence-corrected chi connectivity index (χ3v) is 2.82. The number of carboxylic acid groups (broad SMARTS) is 1. The summed E-state index contributed by atoms with van der Waals surface area (Å²) in [7, 11) is -3.18. The van der Waals surface area contributed by atoms with Crippen molar-refractivity contribution in [3.63, 3.8) is 0 Å². The highest BCUT2D eigenvalue weighted by molar-refractivity contribution is 7.91. The van der Waals surface area contributed by atoms with E-state index in [1.54, 1.807) is 0 Å². The van der Waals surface area contributed by atoms with E-state index >= 15 is 0 Å². The minimum atomic E-state index is -3.18. The summed E-state index contributed by atoms with van der Waals surface area (Å²) in [6.45, 7) is 1.38. The Bertz CT molecular complexity index is 216. The van der Waals surface area contributed by atoms with Crippen LogP contribution in [-0.4, -0.2) is 31.0 Å². The van der Waals surface area contributed by atoms with Crippen LogP contribution in [0.5, 0.6) is 0 Å². The van der Waals surface area contributed by atoms with Crippen molar-refractivity contribution in [1.82, 2.24) is 0 Å². The van der Waals surface area contributed by atoms with Crippen molar-refractivity contribution in [3.05, 3.63) is 0 Å². The zero-order chi connectivity index (χ0) is 8.36. The fourth-order valence-electron chi connectivity index (χ4n) is 0.397. The van der Waals surface area contributed by atoms with Gasteiger partial charge in [0.05, 0.1) is 11.7 Å². The molecule has 0 unspecified atom stereocenters. The van der Waals surface area contributed by atoms with Crippen molar-refractivity contribution in [2.45, 2.75) is 18.6 Å². The Labute approximate surface area is 59.8 Å². The molecule has 0 fully saturated rings. The van der Waals surface area contributed by atoms with Crippen molar-refractivity contribution in [3.8, 4) is 0 Å². The van der Waals surface area contributed by atoms with Crippen molar-refractivity contribution < 1.29 is 18.3 Å². The first kappa shape index (κ1) is 9.42. The van der Waals surface area contributed by atoms with Gasteiger partial charge in [0, 0.05) is 6.26 Å². The van der Waals surface area contributed by atoms with E-state index in [1.807, 2.05) is 0 Å². The molecule has 0 aliphatic heterocycles. The highest BCUT2D eigenvalue weighted by Gasteiger charge is 2.17. The van der Waals surface area contributed by atoms with Crippen LogP contribution in [0.2, 0.25) is 0 Å². The maximum absolute atomic E-state index is 10.6. The largest absolute Gasteiger partial charge is 0.481 e. The lowest BCUT2D eigenvalue weighted by Crippen LogP contribution is -2.19. The predicted molar refractivity (Wildman–Crippen MR) is 36.6 cm³/mol. The Hall–Kier alpha value is -0.580. The SMILES string of the molecule is C[C@@H](CC(=O)O)S(C)(=O)=O. The molecule has 0 saturated heterocycles. The van der Waals surface area contributed by atoms with E-state index in [4.69, 9.17) is 5.11 Å². The van der Waals surface area contributed by atoms with Gasteiger partial charge in [-0.3, -0.25) is 4.79 Å². The Balaban J connectivity index is 4.12. The van der Waals surface area contributed by atoms with Crippen LogP contribution < -0.4 is 0 Å². The summed E-state index contributed by atoms with van der Waals surface area (Å²) in [5.74, 6) is -1.09. The van der Waals surface area contributed by atoms with Crippen LogP contribution in [0.1, 0.15) is 13.3 Å². The molecule has 0 radical (unpaired) electrons. The third-order valence-electron chi connectivity index (χ3n) is 1.19. The minimum Gasteiger partial charge on any atom is -0.481 e. The molecule has 0 aromatic carbocycles. The van der Waals surface area contributed by atoms with E-state index in [1.165, 1.54) is 6.92 Å². The molecule has 0 aromatic rings. The molecule has 0 saturated carbocycles. The van der Waals surface area contributed by atoms with Crippen LogP contribution in [0.4, 0.5) is 0 Å². The van der Waals surface area contributed by atoms with Gasteiger partial charge in [-0.1, -0.05) is 0 Å². The lowest BCUT2D eigenvalue weighted by molar-refractivity contribution is -0.136. The fourth-order valence-corrected chi connectivity index (χ4v) is 0.843. The summed E-state index contributed by atoms with van der Waals surface area (Å²) >= 11 is 0. The van der Waals surface area contributed by atoms with E-state index in [9.17, 15) is 13.2 Å². The van der Waals surface area contributed by atoms with Gasteiger partial charge in [-0.25, -0.2) is 8.42 Å². The van der Waals surface area contributed by atoms with E-state index in [2.05, 4.69) is 0 Å². The van der Waals surface area contributed by atoms with Crippen molar-refractivity contribution in [2.75, 3.05) is 6.26 Å². The van der Waals surface area contributed by atoms with E-state index < -0.39 is 21.1 Å². The first-order valence-corrected chi connectivity index (χ1v) is 4.70. The number of rotatable bonds is 3. The maximum Gasteiger partial charge on any atom is 0.304 e. The lowest BCUT2D eigenvalue weighted by atomic mass is 10.3. The maximum atomic E-state index is 10.6. The number of aliphatic carboxylic acids is 1. The Kier molecular flexibility index (Phi) is 2.83. The lowest BCUT2D eigenvalue weighted by Gasteiger charge is -2.03. The molecular formula is C5H10O4S. The first-order valence-electron chi connectivity index (χ1n) is 2.74. The van der Waals surface area contributed by atoms with Gasteiger partial charge in [0.25, 0.3) is 0 Å². The number of hydrogen-bond acceptors (Lipinski definition) is 3. The summed E-state index contributed by atoms with van der Waals surface area (Å²) < 4.78 is 21.2. The number of carboxylic acids is 1. The first-order chi connectivity index (χ1) is 4.34. The number of hydrogen-bond donors (Lipinski definition) is 1. The van der Waals surface area contributed by atoms with Crippen molar-refractivity contribution in [1.29, 1.82) is 0 Å². The van der Waals surface area contributed by atoms with Gasteiger partial charge < -0.3 is 5.11 Å². The molecule has 0 spiro atoms. The number of sulfone groups is 1. The fraction of sp³-hybridized carbons (Fsp3) is 0.800. The monoisotopic (exact) mass is 166 g/mol. The molecule has 0 aromatic heterocycles. The normalized spacial score (nSPS) is 14.6. The highest BCUT2D eigenvalue weighted by Crippen LogP contribution is 2.02. The minimum absolute atomic E-state index is 0.321. The smallest absolute Gasteiger partial charge is 0.304 e. The van der Waals surface area contributed by atoms with Gasteiger partial charge in [-0.15, -0.1) is 0 Å². The Morgan fingerprint density at radius 1 is 1.60 bits per heavy atom. The van der Waals surface area contributed by atoms with Gasteiger partial charge >= 0.3 is 5.97 Å². The van der Waals surface area contributed by atoms with Crippen LogP contribution in [0.3, 0.4) is 0 Å². The second-order valence-corrected chi connectivity index (χ2v) is 4.70. The van der Waals surface area contributed by atoms with Crippen LogP contribution in [0, 0.1) is 0 Å². The molecule has 0 heterocycles. The molecule has 1 atom stereocenters. The quantitative estimate of drug-likeness (QED) is 0.635. The van der Waals surface area contributed by atoms with Crippen LogP contribution in [-0.2, 0) is 14.6 Å². The summed E-state index contributed by atoms with van der Waals surface area (Å²) in [4.78, 5) is 9.99. The zero-order valence-corrected chi connectivity index (χ0v) is 6.68. The Morgan fingerprint density at radius 3 is 2.10 bits per heavy atom. The second-order valence-electron chi connectivity index (χ2n) is 2.24. The number of carbonyl (C=O) groups is 1. The van der Waals surface area contributed by atoms with Gasteiger partial charge in [-0.2, -0.15) is 0 Å². The Morgan fingerprint density at radius 2 is 2.00 bits per heavy atom. The van der Waals surface area contributed by atoms with E-state index in [0.717, 1.165) is 6.26 Å². The molecule has 5 heteroatoms. The molecule has 0 amide bonds. The summed E-state index contributed by atoms with van der Waals surface area (Å²) in [5.41, 5.74) is 0. The topological polar surface area (TPSA) is 71.4 Å². The standard InChI is InChI=1S/C5H10O4S/c1-4(3-5(6)7)10(2,8)9/h4H,3H2,1-2H3,(H,6,7)/t4-/m0/s1. The molecule has 0 rings (SSSR count). The van der Waals surface area contributed by atoms with Gasteiger partial charge in [-0.05, 0) is 6.92 Å².